The minimum absolute atomic E-state index is 0.280. The maximum atomic E-state index is 6.13. The second-order valence-corrected chi connectivity index (χ2v) is 5.71. The Morgan fingerprint density at radius 3 is 2.70 bits per heavy atom. The third-order valence-electron chi connectivity index (χ3n) is 3.41. The number of rotatable bonds is 4. The Labute approximate surface area is 124 Å². The van der Waals surface area contributed by atoms with Crippen molar-refractivity contribution in [1.82, 2.24) is 14.9 Å². The van der Waals surface area contributed by atoms with Crippen LogP contribution in [0.1, 0.15) is 13.8 Å². The molecule has 2 heterocycles. The van der Waals surface area contributed by atoms with Crippen LogP contribution in [-0.4, -0.2) is 60.3 Å². The molecule has 0 aromatic carbocycles. The van der Waals surface area contributed by atoms with Crippen LogP contribution < -0.4 is 10.6 Å². The van der Waals surface area contributed by atoms with Crippen molar-refractivity contribution in [3.63, 3.8) is 0 Å². The topological polar surface area (TPSA) is 67.5 Å². The Kier molecular flexibility index (Phi) is 5.01. The molecule has 1 aliphatic heterocycles. The van der Waals surface area contributed by atoms with Crippen LogP contribution in [0.15, 0.2) is 6.33 Å². The third-order valence-corrected chi connectivity index (χ3v) is 3.77. The molecule has 2 N–H and O–H groups in total. The number of likely N-dealkylation sites (N-methyl/N-ethyl adjacent to an activating group) is 1. The molecule has 0 saturated carbocycles. The lowest BCUT2D eigenvalue weighted by Gasteiger charge is -2.36. The van der Waals surface area contributed by atoms with E-state index in [0.29, 0.717) is 16.7 Å². The van der Waals surface area contributed by atoms with E-state index in [0.717, 1.165) is 26.2 Å². The number of anilines is 2. The summed E-state index contributed by atoms with van der Waals surface area (Å²) in [6.07, 6.45) is 2.00. The largest absolute Gasteiger partial charge is 0.382 e. The molecule has 0 unspecified atom stereocenters. The van der Waals surface area contributed by atoms with E-state index >= 15 is 0 Å². The van der Waals surface area contributed by atoms with E-state index in [9.17, 15) is 0 Å². The first kappa shape index (κ1) is 15.3. The van der Waals surface area contributed by atoms with E-state index in [-0.39, 0.29) is 12.2 Å². The van der Waals surface area contributed by atoms with Gasteiger partial charge in [-0.25, -0.2) is 9.97 Å². The van der Waals surface area contributed by atoms with Crippen molar-refractivity contribution in [2.75, 3.05) is 43.9 Å². The number of nitrogen functional groups attached to an aromatic ring is 1. The zero-order valence-corrected chi connectivity index (χ0v) is 13.0. The predicted molar refractivity (Wildman–Crippen MR) is 81.2 cm³/mol. The SMILES string of the molecule is C[C@@H]1CN(CCN(C)c2ncnc(N)c2Cl)C[C@H](C)O1. The number of aromatic nitrogens is 2. The lowest BCUT2D eigenvalue weighted by molar-refractivity contribution is -0.0670. The quantitative estimate of drug-likeness (QED) is 0.903. The van der Waals surface area contributed by atoms with Crippen molar-refractivity contribution in [3.8, 4) is 0 Å². The average molecular weight is 300 g/mol. The van der Waals surface area contributed by atoms with Gasteiger partial charge < -0.3 is 15.4 Å². The number of hydrogen-bond donors (Lipinski definition) is 1. The minimum atomic E-state index is 0.280. The molecule has 0 radical (unpaired) electrons. The summed E-state index contributed by atoms with van der Waals surface area (Å²) in [7, 11) is 1.96. The normalized spacial score (nSPS) is 23.8. The molecule has 20 heavy (non-hydrogen) atoms. The third kappa shape index (κ3) is 3.71. The summed E-state index contributed by atoms with van der Waals surface area (Å²) < 4.78 is 5.73. The molecule has 2 atom stereocenters. The van der Waals surface area contributed by atoms with Gasteiger partial charge in [-0.2, -0.15) is 0 Å². The van der Waals surface area contributed by atoms with Gasteiger partial charge in [-0.05, 0) is 13.8 Å². The van der Waals surface area contributed by atoms with E-state index < -0.39 is 0 Å². The van der Waals surface area contributed by atoms with Crippen LogP contribution in [0.2, 0.25) is 5.02 Å². The van der Waals surface area contributed by atoms with Crippen LogP contribution >= 0.6 is 11.6 Å². The number of morpholine rings is 1. The van der Waals surface area contributed by atoms with E-state index in [2.05, 4.69) is 28.7 Å². The molecule has 1 aliphatic rings. The first-order valence-electron chi connectivity index (χ1n) is 6.82. The number of halogens is 1. The zero-order valence-electron chi connectivity index (χ0n) is 12.2. The first-order chi connectivity index (χ1) is 9.47. The number of nitrogens with zero attached hydrogens (tertiary/aromatic N) is 4. The maximum absolute atomic E-state index is 6.13. The van der Waals surface area contributed by atoms with Gasteiger partial charge in [0.25, 0.3) is 0 Å². The van der Waals surface area contributed by atoms with Crippen molar-refractivity contribution in [2.24, 2.45) is 0 Å². The Hall–Kier alpha value is -1.11. The molecule has 0 bridgehead atoms. The molecule has 6 nitrogen and oxygen atoms in total. The summed E-state index contributed by atoms with van der Waals surface area (Å²) in [5.74, 6) is 0.991. The van der Waals surface area contributed by atoms with Gasteiger partial charge in [0.15, 0.2) is 5.82 Å². The molecule has 7 heteroatoms. The first-order valence-corrected chi connectivity index (χ1v) is 7.20. The van der Waals surface area contributed by atoms with Gasteiger partial charge in [0, 0.05) is 33.2 Å². The Morgan fingerprint density at radius 2 is 2.05 bits per heavy atom. The van der Waals surface area contributed by atoms with Crippen molar-refractivity contribution in [2.45, 2.75) is 26.1 Å². The second-order valence-electron chi connectivity index (χ2n) is 5.33. The van der Waals surface area contributed by atoms with Gasteiger partial charge in [-0.15, -0.1) is 0 Å². The molecule has 1 saturated heterocycles. The molecule has 1 fully saturated rings. The summed E-state index contributed by atoms with van der Waals surface area (Å²) in [6, 6.07) is 0. The maximum Gasteiger partial charge on any atom is 0.152 e. The summed E-state index contributed by atoms with van der Waals surface area (Å²) >= 11 is 6.13. The molecule has 1 aromatic rings. The van der Waals surface area contributed by atoms with Gasteiger partial charge in [0.05, 0.1) is 12.2 Å². The number of nitrogens with two attached hydrogens (primary N) is 1. The minimum Gasteiger partial charge on any atom is -0.382 e. The molecule has 2 rings (SSSR count). The van der Waals surface area contributed by atoms with Crippen molar-refractivity contribution in [3.05, 3.63) is 11.3 Å². The Bertz CT molecular complexity index is 448. The summed E-state index contributed by atoms with van der Waals surface area (Å²) in [5, 5.41) is 0.415. The standard InChI is InChI=1S/C13H22ClN5O/c1-9-6-19(7-10(2)20-9)5-4-18(3)13-11(14)12(15)16-8-17-13/h8-10H,4-7H2,1-3H3,(H2,15,16,17)/t9-,10+. The van der Waals surface area contributed by atoms with Crippen molar-refractivity contribution < 1.29 is 4.74 Å². The molecule has 0 spiro atoms. The fourth-order valence-electron chi connectivity index (χ4n) is 2.50. The van der Waals surface area contributed by atoms with Crippen LogP contribution in [0, 0.1) is 0 Å². The fraction of sp³-hybridized carbons (Fsp3) is 0.692. The number of hydrogen-bond acceptors (Lipinski definition) is 6. The van der Waals surface area contributed by atoms with Crippen molar-refractivity contribution in [1.29, 1.82) is 0 Å². The van der Waals surface area contributed by atoms with Gasteiger partial charge in [0.1, 0.15) is 17.2 Å². The molecule has 112 valence electrons. The average Bonchev–Trinajstić information content (AvgIpc) is 2.38. The van der Waals surface area contributed by atoms with Gasteiger partial charge >= 0.3 is 0 Å². The molecular formula is C13H22ClN5O. The van der Waals surface area contributed by atoms with Gasteiger partial charge in [-0.1, -0.05) is 11.6 Å². The van der Waals surface area contributed by atoms with Crippen LogP contribution in [0.3, 0.4) is 0 Å². The van der Waals surface area contributed by atoms with E-state index in [1.165, 1.54) is 6.33 Å². The van der Waals surface area contributed by atoms with Crippen LogP contribution in [0.4, 0.5) is 11.6 Å². The monoisotopic (exact) mass is 299 g/mol. The molecular weight excluding hydrogens is 278 g/mol. The van der Waals surface area contributed by atoms with E-state index in [4.69, 9.17) is 22.1 Å². The van der Waals surface area contributed by atoms with Crippen LogP contribution in [0.5, 0.6) is 0 Å². The van der Waals surface area contributed by atoms with E-state index in [1.54, 1.807) is 0 Å². The molecule has 0 amide bonds. The lowest BCUT2D eigenvalue weighted by Crippen LogP contribution is -2.47. The fourth-order valence-corrected chi connectivity index (χ4v) is 2.75. The predicted octanol–water partition coefficient (Wildman–Crippen LogP) is 1.26. The highest BCUT2D eigenvalue weighted by molar-refractivity contribution is 6.35. The highest BCUT2D eigenvalue weighted by Crippen LogP contribution is 2.25. The molecule has 1 aromatic heterocycles. The number of ether oxygens (including phenoxy) is 1. The summed E-state index contributed by atoms with van der Waals surface area (Å²) in [5.41, 5.74) is 5.70. The van der Waals surface area contributed by atoms with Crippen LogP contribution in [-0.2, 0) is 4.74 Å². The summed E-state index contributed by atoms with van der Waals surface area (Å²) in [6.45, 7) is 7.89. The second kappa shape index (κ2) is 6.56. The smallest absolute Gasteiger partial charge is 0.152 e. The lowest BCUT2D eigenvalue weighted by atomic mass is 10.2. The Balaban J connectivity index is 1.91. The highest BCUT2D eigenvalue weighted by atomic mass is 35.5. The van der Waals surface area contributed by atoms with E-state index in [1.807, 2.05) is 11.9 Å². The highest BCUT2D eigenvalue weighted by Gasteiger charge is 2.22. The van der Waals surface area contributed by atoms with Gasteiger partial charge in [-0.3, -0.25) is 4.90 Å². The molecule has 0 aliphatic carbocycles. The van der Waals surface area contributed by atoms with Gasteiger partial charge in [0.2, 0.25) is 0 Å². The summed E-state index contributed by atoms with van der Waals surface area (Å²) in [4.78, 5) is 12.5. The van der Waals surface area contributed by atoms with Crippen molar-refractivity contribution >= 4 is 23.2 Å². The zero-order chi connectivity index (χ0) is 14.7. The Morgan fingerprint density at radius 1 is 1.40 bits per heavy atom. The van der Waals surface area contributed by atoms with Crippen LogP contribution in [0.25, 0.3) is 0 Å².